The molecule has 1 heterocycles. The number of hydrogen-bond donors (Lipinski definition) is 0. The van der Waals surface area contributed by atoms with Crippen LogP contribution in [0.3, 0.4) is 0 Å². The van der Waals surface area contributed by atoms with E-state index in [-0.39, 0.29) is 11.6 Å². The SMILES string of the molecule is COc1cccc(-c2c(CCl)nnn2-c2ccc(OC(F)(F)F)cc2)c1. The van der Waals surface area contributed by atoms with Crippen molar-refractivity contribution >= 4 is 11.6 Å². The molecule has 0 aliphatic heterocycles. The molecule has 5 nitrogen and oxygen atoms in total. The number of methoxy groups -OCH3 is 1. The van der Waals surface area contributed by atoms with Crippen LogP contribution in [0.15, 0.2) is 48.5 Å². The molecule has 0 amide bonds. The second-order valence-electron chi connectivity index (χ2n) is 5.20. The predicted molar refractivity (Wildman–Crippen MR) is 89.6 cm³/mol. The lowest BCUT2D eigenvalue weighted by molar-refractivity contribution is -0.274. The number of nitrogens with zero attached hydrogens (tertiary/aromatic N) is 3. The molecular weight excluding hydrogens is 371 g/mol. The van der Waals surface area contributed by atoms with E-state index in [1.165, 1.54) is 28.9 Å². The fourth-order valence-electron chi connectivity index (χ4n) is 2.43. The highest BCUT2D eigenvalue weighted by Crippen LogP contribution is 2.30. The first-order valence-electron chi connectivity index (χ1n) is 7.42. The fourth-order valence-corrected chi connectivity index (χ4v) is 2.61. The average Bonchev–Trinajstić information content (AvgIpc) is 3.05. The number of halogens is 4. The van der Waals surface area contributed by atoms with Crippen LogP contribution in [-0.4, -0.2) is 28.5 Å². The van der Waals surface area contributed by atoms with E-state index in [9.17, 15) is 13.2 Å². The molecule has 0 saturated carbocycles. The lowest BCUT2D eigenvalue weighted by Crippen LogP contribution is -2.17. The van der Waals surface area contributed by atoms with E-state index in [4.69, 9.17) is 16.3 Å². The third kappa shape index (κ3) is 3.91. The maximum absolute atomic E-state index is 12.3. The van der Waals surface area contributed by atoms with E-state index in [1.807, 2.05) is 12.1 Å². The highest BCUT2D eigenvalue weighted by molar-refractivity contribution is 6.17. The monoisotopic (exact) mass is 383 g/mol. The minimum atomic E-state index is -4.74. The maximum atomic E-state index is 12.3. The van der Waals surface area contributed by atoms with Gasteiger partial charge in [-0.1, -0.05) is 17.3 Å². The third-order valence-electron chi connectivity index (χ3n) is 3.52. The molecule has 2 aromatic carbocycles. The van der Waals surface area contributed by atoms with E-state index >= 15 is 0 Å². The molecule has 0 aliphatic carbocycles. The number of benzene rings is 2. The first-order chi connectivity index (χ1) is 12.4. The highest BCUT2D eigenvalue weighted by atomic mass is 35.5. The van der Waals surface area contributed by atoms with Gasteiger partial charge in [-0.25, -0.2) is 4.68 Å². The van der Waals surface area contributed by atoms with Gasteiger partial charge >= 0.3 is 6.36 Å². The summed E-state index contributed by atoms with van der Waals surface area (Å²) in [5, 5.41) is 8.13. The van der Waals surface area contributed by atoms with Crippen LogP contribution >= 0.6 is 11.6 Å². The molecule has 0 aliphatic rings. The van der Waals surface area contributed by atoms with Crippen LogP contribution in [0, 0.1) is 0 Å². The minimum absolute atomic E-state index is 0.127. The number of rotatable bonds is 5. The van der Waals surface area contributed by atoms with Crippen LogP contribution < -0.4 is 9.47 Å². The van der Waals surface area contributed by atoms with E-state index in [0.717, 1.165) is 5.56 Å². The summed E-state index contributed by atoms with van der Waals surface area (Å²) in [6.07, 6.45) is -4.74. The summed E-state index contributed by atoms with van der Waals surface area (Å²) in [7, 11) is 1.55. The Kier molecular flexibility index (Phi) is 5.03. The molecule has 0 radical (unpaired) electrons. The Bertz CT molecular complexity index is 895. The molecule has 3 rings (SSSR count). The lowest BCUT2D eigenvalue weighted by Gasteiger charge is -2.11. The molecule has 26 heavy (non-hydrogen) atoms. The van der Waals surface area contributed by atoms with E-state index in [0.29, 0.717) is 22.8 Å². The van der Waals surface area contributed by atoms with E-state index in [2.05, 4.69) is 15.0 Å². The van der Waals surface area contributed by atoms with Gasteiger partial charge in [-0.3, -0.25) is 0 Å². The normalized spacial score (nSPS) is 11.4. The lowest BCUT2D eigenvalue weighted by atomic mass is 10.1. The Morgan fingerprint density at radius 2 is 1.81 bits per heavy atom. The van der Waals surface area contributed by atoms with Crippen molar-refractivity contribution in [2.24, 2.45) is 0 Å². The topological polar surface area (TPSA) is 49.2 Å². The summed E-state index contributed by atoms with van der Waals surface area (Å²) in [4.78, 5) is 0. The molecule has 9 heteroatoms. The van der Waals surface area contributed by atoms with Crippen molar-refractivity contribution in [2.45, 2.75) is 12.2 Å². The average molecular weight is 384 g/mol. The van der Waals surface area contributed by atoms with Crippen LogP contribution in [0.2, 0.25) is 0 Å². The largest absolute Gasteiger partial charge is 0.573 e. The maximum Gasteiger partial charge on any atom is 0.573 e. The van der Waals surface area contributed by atoms with E-state index < -0.39 is 6.36 Å². The summed E-state index contributed by atoms with van der Waals surface area (Å²) in [5.74, 6) is 0.452. The van der Waals surface area contributed by atoms with Crippen molar-refractivity contribution < 1.29 is 22.6 Å². The van der Waals surface area contributed by atoms with Gasteiger partial charge in [-0.05, 0) is 36.4 Å². The Morgan fingerprint density at radius 1 is 1.08 bits per heavy atom. The van der Waals surface area contributed by atoms with Crippen molar-refractivity contribution in [1.82, 2.24) is 15.0 Å². The zero-order chi connectivity index (χ0) is 18.7. The van der Waals surface area contributed by atoms with Gasteiger partial charge in [0.05, 0.1) is 24.4 Å². The van der Waals surface area contributed by atoms with Crippen molar-refractivity contribution in [3.63, 3.8) is 0 Å². The summed E-state index contributed by atoms with van der Waals surface area (Å²) in [6, 6.07) is 12.6. The molecule has 0 atom stereocenters. The number of aromatic nitrogens is 3. The van der Waals surface area contributed by atoms with Crippen LogP contribution in [0.4, 0.5) is 13.2 Å². The van der Waals surface area contributed by atoms with Crippen LogP contribution in [-0.2, 0) is 5.88 Å². The van der Waals surface area contributed by atoms with Gasteiger partial charge in [0.25, 0.3) is 0 Å². The molecular formula is C17H13ClF3N3O2. The van der Waals surface area contributed by atoms with Crippen molar-refractivity contribution in [2.75, 3.05) is 7.11 Å². The first kappa shape index (κ1) is 18.1. The smallest absolute Gasteiger partial charge is 0.497 e. The molecule has 0 spiro atoms. The third-order valence-corrected chi connectivity index (χ3v) is 3.78. The molecule has 0 N–H and O–H groups in total. The standard InChI is InChI=1S/C17H13ClF3N3O2/c1-25-14-4-2-3-11(9-14)16-15(10-18)22-23-24(16)12-5-7-13(8-6-12)26-17(19,20)21/h2-9H,10H2,1H3. The summed E-state index contributed by atoms with van der Waals surface area (Å²) in [6.45, 7) is 0. The first-order valence-corrected chi connectivity index (χ1v) is 7.96. The Balaban J connectivity index is 2.02. The van der Waals surface area contributed by atoms with E-state index in [1.54, 1.807) is 19.2 Å². The van der Waals surface area contributed by atoms with Crippen molar-refractivity contribution in [3.05, 3.63) is 54.2 Å². The molecule has 0 fully saturated rings. The number of alkyl halides is 4. The number of hydrogen-bond acceptors (Lipinski definition) is 4. The van der Waals surface area contributed by atoms with Crippen LogP contribution in [0.1, 0.15) is 5.69 Å². The predicted octanol–water partition coefficient (Wildman–Crippen LogP) is 4.58. The van der Waals surface area contributed by atoms with Crippen LogP contribution in [0.5, 0.6) is 11.5 Å². The van der Waals surface area contributed by atoms with Gasteiger partial charge in [0, 0.05) is 5.56 Å². The van der Waals surface area contributed by atoms with Gasteiger partial charge in [0.2, 0.25) is 0 Å². The summed E-state index contributed by atoms with van der Waals surface area (Å²) >= 11 is 5.96. The quantitative estimate of drug-likeness (QED) is 0.605. The minimum Gasteiger partial charge on any atom is -0.497 e. The molecule has 1 aromatic heterocycles. The molecule has 0 unspecified atom stereocenters. The zero-order valence-corrected chi connectivity index (χ0v) is 14.3. The Labute approximate surface area is 151 Å². The molecule has 0 saturated heterocycles. The van der Waals surface area contributed by atoms with Gasteiger partial charge in [-0.15, -0.1) is 29.9 Å². The summed E-state index contributed by atoms with van der Waals surface area (Å²) < 4.78 is 47.5. The van der Waals surface area contributed by atoms with Gasteiger partial charge in [-0.2, -0.15) is 0 Å². The summed E-state index contributed by atoms with van der Waals surface area (Å²) in [5.41, 5.74) is 2.45. The van der Waals surface area contributed by atoms with Crippen molar-refractivity contribution in [1.29, 1.82) is 0 Å². The van der Waals surface area contributed by atoms with Crippen LogP contribution in [0.25, 0.3) is 16.9 Å². The zero-order valence-electron chi connectivity index (χ0n) is 13.5. The van der Waals surface area contributed by atoms with Crippen molar-refractivity contribution in [3.8, 4) is 28.4 Å². The molecule has 0 bridgehead atoms. The van der Waals surface area contributed by atoms with Gasteiger partial charge in [0.1, 0.15) is 17.2 Å². The number of ether oxygens (including phenoxy) is 2. The van der Waals surface area contributed by atoms with Gasteiger partial charge < -0.3 is 9.47 Å². The fraction of sp³-hybridized carbons (Fsp3) is 0.176. The second-order valence-corrected chi connectivity index (χ2v) is 5.47. The Hall–Kier alpha value is -2.74. The molecule has 136 valence electrons. The molecule has 3 aromatic rings. The Morgan fingerprint density at radius 3 is 2.42 bits per heavy atom. The second kappa shape index (κ2) is 7.25. The highest BCUT2D eigenvalue weighted by Gasteiger charge is 2.31. The van der Waals surface area contributed by atoms with Gasteiger partial charge in [0.15, 0.2) is 0 Å².